The molecule has 0 aliphatic heterocycles. The molecule has 88 valence electrons. The van der Waals surface area contributed by atoms with Crippen molar-refractivity contribution in [2.45, 2.75) is 39.2 Å². The molecule has 3 heteroatoms. The van der Waals surface area contributed by atoms with Gasteiger partial charge in [-0.3, -0.25) is 4.68 Å². The van der Waals surface area contributed by atoms with E-state index in [4.69, 9.17) is 6.42 Å². The minimum Gasteiger partial charge on any atom is -0.317 e. The summed E-state index contributed by atoms with van der Waals surface area (Å²) in [5.41, 5.74) is 3.72. The first-order chi connectivity index (χ1) is 7.60. The van der Waals surface area contributed by atoms with Crippen LogP contribution in [0.5, 0.6) is 0 Å². The molecule has 0 fully saturated rings. The molecule has 0 spiro atoms. The van der Waals surface area contributed by atoms with Crippen molar-refractivity contribution in [1.29, 1.82) is 0 Å². The second kappa shape index (κ2) is 5.72. The van der Waals surface area contributed by atoms with Crippen LogP contribution in [0.4, 0.5) is 0 Å². The lowest BCUT2D eigenvalue weighted by Crippen LogP contribution is -2.27. The van der Waals surface area contributed by atoms with Gasteiger partial charge in [0.1, 0.15) is 0 Å². The Hall–Kier alpha value is -1.27. The van der Waals surface area contributed by atoms with Crippen LogP contribution in [-0.4, -0.2) is 22.9 Å². The third-order valence-electron chi connectivity index (χ3n) is 3.15. The van der Waals surface area contributed by atoms with Crippen LogP contribution in [-0.2, 0) is 13.5 Å². The number of aryl methyl sites for hydroxylation is 2. The zero-order valence-electron chi connectivity index (χ0n) is 10.7. The number of terminal acetylenes is 1. The summed E-state index contributed by atoms with van der Waals surface area (Å²) in [7, 11) is 3.98. The molecular weight excluding hydrogens is 198 g/mol. The van der Waals surface area contributed by atoms with Gasteiger partial charge in [0.05, 0.1) is 5.69 Å². The smallest absolute Gasteiger partial charge is 0.0628 e. The topological polar surface area (TPSA) is 29.9 Å². The van der Waals surface area contributed by atoms with Gasteiger partial charge in [-0.25, -0.2) is 0 Å². The Balaban J connectivity index is 2.74. The number of nitrogens with one attached hydrogen (secondary N) is 1. The summed E-state index contributed by atoms with van der Waals surface area (Å²) in [6.45, 7) is 4.18. The summed E-state index contributed by atoms with van der Waals surface area (Å²) < 4.78 is 1.94. The third-order valence-corrected chi connectivity index (χ3v) is 3.15. The van der Waals surface area contributed by atoms with E-state index in [0.717, 1.165) is 25.0 Å². The fourth-order valence-electron chi connectivity index (χ4n) is 1.97. The van der Waals surface area contributed by atoms with Crippen LogP contribution in [0.25, 0.3) is 0 Å². The summed E-state index contributed by atoms with van der Waals surface area (Å²) in [5, 5.41) is 7.74. The summed E-state index contributed by atoms with van der Waals surface area (Å²) in [6.07, 6.45) is 8.14. The van der Waals surface area contributed by atoms with E-state index >= 15 is 0 Å². The molecule has 0 radical (unpaired) electrons. The van der Waals surface area contributed by atoms with Gasteiger partial charge in [-0.2, -0.15) is 5.10 Å². The van der Waals surface area contributed by atoms with Crippen molar-refractivity contribution in [3.63, 3.8) is 0 Å². The van der Waals surface area contributed by atoms with E-state index in [-0.39, 0.29) is 0 Å². The van der Waals surface area contributed by atoms with Crippen LogP contribution in [0.1, 0.15) is 29.8 Å². The molecule has 1 heterocycles. The molecule has 0 aliphatic carbocycles. The highest BCUT2D eigenvalue weighted by molar-refractivity contribution is 5.25. The molecule has 1 aromatic rings. The van der Waals surface area contributed by atoms with Gasteiger partial charge in [0.15, 0.2) is 0 Å². The first-order valence-corrected chi connectivity index (χ1v) is 5.70. The average Bonchev–Trinajstić information content (AvgIpc) is 2.50. The number of rotatable bonds is 5. The van der Waals surface area contributed by atoms with Crippen LogP contribution >= 0.6 is 0 Å². The van der Waals surface area contributed by atoms with Gasteiger partial charge in [-0.1, -0.05) is 0 Å². The normalized spacial score (nSPS) is 12.4. The van der Waals surface area contributed by atoms with E-state index in [9.17, 15) is 0 Å². The largest absolute Gasteiger partial charge is 0.317 e. The van der Waals surface area contributed by atoms with Gasteiger partial charge in [-0.05, 0) is 39.3 Å². The highest BCUT2D eigenvalue weighted by Gasteiger charge is 2.14. The molecule has 0 aromatic carbocycles. The maximum atomic E-state index is 5.29. The molecule has 0 aliphatic rings. The minimum atomic E-state index is 0.442. The number of hydrogen-bond acceptors (Lipinski definition) is 2. The minimum absolute atomic E-state index is 0.442. The zero-order chi connectivity index (χ0) is 12.1. The maximum absolute atomic E-state index is 5.29. The Bertz CT molecular complexity index is 385. The zero-order valence-corrected chi connectivity index (χ0v) is 10.7. The van der Waals surface area contributed by atoms with Crippen LogP contribution in [0, 0.1) is 26.2 Å². The Labute approximate surface area is 98.2 Å². The van der Waals surface area contributed by atoms with E-state index in [1.807, 2.05) is 18.8 Å². The summed E-state index contributed by atoms with van der Waals surface area (Å²) in [4.78, 5) is 0. The van der Waals surface area contributed by atoms with Crippen molar-refractivity contribution in [2.75, 3.05) is 7.05 Å². The molecule has 1 atom stereocenters. The third kappa shape index (κ3) is 2.86. The molecule has 0 bridgehead atoms. The van der Waals surface area contributed by atoms with E-state index < -0.39 is 0 Å². The Morgan fingerprint density at radius 1 is 1.50 bits per heavy atom. The Morgan fingerprint density at radius 2 is 2.19 bits per heavy atom. The average molecular weight is 219 g/mol. The summed E-state index contributed by atoms with van der Waals surface area (Å²) in [5.74, 6) is 2.69. The quantitative estimate of drug-likeness (QED) is 0.762. The first-order valence-electron chi connectivity index (χ1n) is 5.70. The van der Waals surface area contributed by atoms with Gasteiger partial charge in [0, 0.05) is 25.2 Å². The summed E-state index contributed by atoms with van der Waals surface area (Å²) in [6, 6.07) is 0.442. The molecule has 1 aromatic heterocycles. The van der Waals surface area contributed by atoms with Crippen molar-refractivity contribution in [3.8, 4) is 12.3 Å². The molecule has 3 nitrogen and oxygen atoms in total. The van der Waals surface area contributed by atoms with E-state index in [1.54, 1.807) is 0 Å². The molecule has 1 unspecified atom stereocenters. The number of likely N-dealkylation sites (N-methyl/N-ethyl adjacent to an activating group) is 1. The predicted octanol–water partition coefficient (Wildman–Crippen LogP) is 1.58. The lowest BCUT2D eigenvalue weighted by molar-refractivity contribution is 0.525. The number of aromatic nitrogens is 2. The number of nitrogens with zero attached hydrogens (tertiary/aromatic N) is 2. The van der Waals surface area contributed by atoms with Crippen molar-refractivity contribution >= 4 is 0 Å². The van der Waals surface area contributed by atoms with Crippen molar-refractivity contribution < 1.29 is 0 Å². The standard InChI is InChI=1S/C13H21N3/c1-6-7-8-12(14-4)9-13-10(2)15-16(5)11(13)3/h1,12,14H,7-9H2,2-5H3. The number of hydrogen-bond donors (Lipinski definition) is 1. The van der Waals surface area contributed by atoms with Crippen molar-refractivity contribution in [2.24, 2.45) is 7.05 Å². The summed E-state index contributed by atoms with van der Waals surface area (Å²) >= 11 is 0. The van der Waals surface area contributed by atoms with Crippen LogP contribution in [0.15, 0.2) is 0 Å². The van der Waals surface area contributed by atoms with E-state index in [2.05, 4.69) is 30.2 Å². The van der Waals surface area contributed by atoms with Gasteiger partial charge in [-0.15, -0.1) is 12.3 Å². The van der Waals surface area contributed by atoms with Gasteiger partial charge in [0.25, 0.3) is 0 Å². The fraction of sp³-hybridized carbons (Fsp3) is 0.615. The van der Waals surface area contributed by atoms with Crippen molar-refractivity contribution in [3.05, 3.63) is 17.0 Å². The lowest BCUT2D eigenvalue weighted by Gasteiger charge is -2.15. The molecule has 0 amide bonds. The lowest BCUT2D eigenvalue weighted by atomic mass is 10.0. The molecule has 0 saturated carbocycles. The predicted molar refractivity (Wildman–Crippen MR) is 67.3 cm³/mol. The highest BCUT2D eigenvalue weighted by atomic mass is 15.3. The molecule has 16 heavy (non-hydrogen) atoms. The van der Waals surface area contributed by atoms with Gasteiger partial charge in [0.2, 0.25) is 0 Å². The van der Waals surface area contributed by atoms with Gasteiger partial charge < -0.3 is 5.32 Å². The second-order valence-corrected chi connectivity index (χ2v) is 4.21. The maximum Gasteiger partial charge on any atom is 0.0628 e. The highest BCUT2D eigenvalue weighted by Crippen LogP contribution is 2.15. The van der Waals surface area contributed by atoms with E-state index in [1.165, 1.54) is 11.3 Å². The van der Waals surface area contributed by atoms with Crippen LogP contribution < -0.4 is 5.32 Å². The first kappa shape index (κ1) is 12.8. The van der Waals surface area contributed by atoms with Crippen LogP contribution in [0.2, 0.25) is 0 Å². The Kier molecular flexibility index (Phi) is 4.57. The molecular formula is C13H21N3. The molecule has 0 saturated heterocycles. The van der Waals surface area contributed by atoms with E-state index in [0.29, 0.717) is 6.04 Å². The molecule has 1 rings (SSSR count). The molecule has 1 N–H and O–H groups in total. The van der Waals surface area contributed by atoms with Crippen molar-refractivity contribution in [1.82, 2.24) is 15.1 Å². The second-order valence-electron chi connectivity index (χ2n) is 4.21. The van der Waals surface area contributed by atoms with Crippen LogP contribution in [0.3, 0.4) is 0 Å². The monoisotopic (exact) mass is 219 g/mol. The van der Waals surface area contributed by atoms with Gasteiger partial charge >= 0.3 is 0 Å². The SMILES string of the molecule is C#CCCC(Cc1c(C)nn(C)c1C)NC. The fourth-order valence-corrected chi connectivity index (χ4v) is 1.97. The Morgan fingerprint density at radius 3 is 2.62 bits per heavy atom.